The van der Waals surface area contributed by atoms with Crippen molar-refractivity contribution in [3.8, 4) is 11.1 Å². The number of rotatable bonds is 3. The molecule has 0 radical (unpaired) electrons. The number of anilines is 2. The molecular weight excluding hydrogens is 328 g/mol. The Hall–Kier alpha value is -1.81. The fraction of sp³-hybridized carbons (Fsp3) is 0.235. The molecule has 0 saturated carbocycles. The van der Waals surface area contributed by atoms with Crippen LogP contribution in [-0.4, -0.2) is 17.8 Å². The molecule has 2 aromatic carbocycles. The number of benzene rings is 2. The monoisotopic (exact) mass is 344 g/mol. The fourth-order valence-corrected chi connectivity index (χ4v) is 3.08. The molecule has 2 aromatic rings. The maximum atomic E-state index is 12.0. The summed E-state index contributed by atoms with van der Waals surface area (Å²) < 4.78 is 0. The molecule has 1 unspecified atom stereocenters. The van der Waals surface area contributed by atoms with Gasteiger partial charge in [-0.15, -0.1) is 0 Å². The van der Waals surface area contributed by atoms with Crippen LogP contribution >= 0.6 is 15.9 Å². The molecule has 0 aromatic heterocycles. The van der Waals surface area contributed by atoms with Crippen molar-refractivity contribution in [2.45, 2.75) is 6.42 Å². The highest BCUT2D eigenvalue weighted by atomic mass is 79.9. The van der Waals surface area contributed by atoms with Gasteiger partial charge in [0.05, 0.1) is 0 Å². The number of hydrogen-bond acceptors (Lipinski definition) is 2. The predicted octanol–water partition coefficient (Wildman–Crippen LogP) is 3.68. The number of carbonyl (C=O) groups excluding carboxylic acids is 1. The molecule has 3 rings (SSSR count). The molecule has 108 valence electrons. The van der Waals surface area contributed by atoms with E-state index in [-0.39, 0.29) is 5.91 Å². The predicted molar refractivity (Wildman–Crippen MR) is 90.5 cm³/mol. The average molecular weight is 345 g/mol. The molecular formula is C17H17BrN2O. The van der Waals surface area contributed by atoms with Crippen molar-refractivity contribution >= 4 is 33.2 Å². The van der Waals surface area contributed by atoms with Gasteiger partial charge in [0.2, 0.25) is 5.91 Å². The molecule has 0 spiro atoms. The molecule has 2 N–H and O–H groups in total. The zero-order valence-corrected chi connectivity index (χ0v) is 13.2. The van der Waals surface area contributed by atoms with Gasteiger partial charge in [0.15, 0.2) is 0 Å². The van der Waals surface area contributed by atoms with Crippen molar-refractivity contribution in [1.29, 1.82) is 0 Å². The number of alkyl halides is 1. The van der Waals surface area contributed by atoms with E-state index >= 15 is 0 Å². The first-order valence-corrected chi connectivity index (χ1v) is 8.12. The van der Waals surface area contributed by atoms with Gasteiger partial charge >= 0.3 is 0 Å². The number of halogens is 1. The van der Waals surface area contributed by atoms with Gasteiger partial charge in [-0.25, -0.2) is 0 Å². The summed E-state index contributed by atoms with van der Waals surface area (Å²) in [7, 11) is 0. The maximum absolute atomic E-state index is 12.0. The summed E-state index contributed by atoms with van der Waals surface area (Å²) in [5, 5.41) is 0.874. The number of hydrogen-bond donors (Lipinski definition) is 1. The minimum atomic E-state index is 0.208. The lowest BCUT2D eigenvalue weighted by Gasteiger charge is -2.17. The van der Waals surface area contributed by atoms with Gasteiger partial charge < -0.3 is 10.6 Å². The van der Waals surface area contributed by atoms with Gasteiger partial charge in [-0.2, -0.15) is 0 Å². The third-order valence-electron chi connectivity index (χ3n) is 3.85. The maximum Gasteiger partial charge on any atom is 0.227 e. The van der Waals surface area contributed by atoms with Crippen LogP contribution in [0.15, 0.2) is 48.5 Å². The summed E-state index contributed by atoms with van der Waals surface area (Å²) >= 11 is 3.46. The summed E-state index contributed by atoms with van der Waals surface area (Å²) in [6, 6.07) is 15.9. The number of nitrogens with two attached hydrogens (primary N) is 1. The molecule has 1 aliphatic heterocycles. The smallest absolute Gasteiger partial charge is 0.227 e. The molecule has 1 fully saturated rings. The second-order valence-corrected chi connectivity index (χ2v) is 6.05. The van der Waals surface area contributed by atoms with E-state index in [1.54, 1.807) is 0 Å². The highest BCUT2D eigenvalue weighted by Gasteiger charge is 2.29. The summed E-state index contributed by atoms with van der Waals surface area (Å²) in [5.41, 5.74) is 9.70. The molecule has 1 aliphatic rings. The van der Waals surface area contributed by atoms with Crippen molar-refractivity contribution in [1.82, 2.24) is 0 Å². The lowest BCUT2D eigenvalue weighted by atomic mass is 10.0. The van der Waals surface area contributed by atoms with Crippen molar-refractivity contribution in [2.75, 3.05) is 22.5 Å². The Kier molecular flexibility index (Phi) is 3.97. The van der Waals surface area contributed by atoms with E-state index in [2.05, 4.69) is 28.1 Å². The largest absolute Gasteiger partial charge is 0.399 e. The van der Waals surface area contributed by atoms with Crippen LogP contribution in [0.2, 0.25) is 0 Å². The second-order valence-electron chi connectivity index (χ2n) is 5.40. The third kappa shape index (κ3) is 2.95. The lowest BCUT2D eigenvalue weighted by Crippen LogP contribution is -2.24. The normalized spacial score (nSPS) is 18.2. The SMILES string of the molecule is Nc1ccc(-c2ccc(N3CC(CBr)CC3=O)cc2)cc1. The van der Waals surface area contributed by atoms with Crippen LogP contribution in [0.3, 0.4) is 0 Å². The summed E-state index contributed by atoms with van der Waals surface area (Å²) in [6.45, 7) is 0.797. The summed E-state index contributed by atoms with van der Waals surface area (Å²) in [4.78, 5) is 13.9. The van der Waals surface area contributed by atoms with Crippen LogP contribution in [0.4, 0.5) is 11.4 Å². The van der Waals surface area contributed by atoms with Gasteiger partial charge in [0, 0.05) is 29.7 Å². The zero-order chi connectivity index (χ0) is 14.8. The third-order valence-corrected chi connectivity index (χ3v) is 4.76. The van der Waals surface area contributed by atoms with Crippen LogP contribution in [0, 0.1) is 5.92 Å². The Morgan fingerprint density at radius 3 is 2.14 bits per heavy atom. The minimum absolute atomic E-state index is 0.208. The van der Waals surface area contributed by atoms with Gasteiger partial charge in [-0.05, 0) is 41.3 Å². The number of carbonyl (C=O) groups is 1. The lowest BCUT2D eigenvalue weighted by molar-refractivity contribution is -0.117. The molecule has 0 bridgehead atoms. The van der Waals surface area contributed by atoms with Crippen LogP contribution in [-0.2, 0) is 4.79 Å². The van der Waals surface area contributed by atoms with Gasteiger partial charge in [0.1, 0.15) is 0 Å². The van der Waals surface area contributed by atoms with E-state index in [4.69, 9.17) is 5.73 Å². The zero-order valence-electron chi connectivity index (χ0n) is 11.6. The van der Waals surface area contributed by atoms with E-state index in [9.17, 15) is 4.79 Å². The number of nitrogens with zero attached hydrogens (tertiary/aromatic N) is 1. The number of amides is 1. The van der Waals surface area contributed by atoms with Crippen molar-refractivity contribution in [3.63, 3.8) is 0 Å². The average Bonchev–Trinajstić information content (AvgIpc) is 2.89. The van der Waals surface area contributed by atoms with Gasteiger partial charge in [-0.1, -0.05) is 40.2 Å². The van der Waals surface area contributed by atoms with E-state index in [0.29, 0.717) is 12.3 Å². The first-order valence-electron chi connectivity index (χ1n) is 6.99. The second kappa shape index (κ2) is 5.90. The van der Waals surface area contributed by atoms with Gasteiger partial charge in [0.25, 0.3) is 0 Å². The van der Waals surface area contributed by atoms with Crippen LogP contribution in [0.25, 0.3) is 11.1 Å². The van der Waals surface area contributed by atoms with E-state index in [0.717, 1.165) is 34.4 Å². The molecule has 1 saturated heterocycles. The van der Waals surface area contributed by atoms with E-state index < -0.39 is 0 Å². The highest BCUT2D eigenvalue weighted by Crippen LogP contribution is 2.28. The molecule has 0 aliphatic carbocycles. The van der Waals surface area contributed by atoms with E-state index in [1.807, 2.05) is 41.3 Å². The van der Waals surface area contributed by atoms with Crippen molar-refractivity contribution < 1.29 is 4.79 Å². The quantitative estimate of drug-likeness (QED) is 0.681. The Labute approximate surface area is 132 Å². The van der Waals surface area contributed by atoms with E-state index in [1.165, 1.54) is 0 Å². The summed E-state index contributed by atoms with van der Waals surface area (Å²) in [6.07, 6.45) is 0.630. The van der Waals surface area contributed by atoms with Crippen LogP contribution in [0.1, 0.15) is 6.42 Å². The standard InChI is InChI=1S/C17H17BrN2O/c18-10-12-9-17(21)20(11-12)16-7-3-14(4-8-16)13-1-5-15(19)6-2-13/h1-8,12H,9-11,19H2. The van der Waals surface area contributed by atoms with Crippen LogP contribution in [0.5, 0.6) is 0 Å². The van der Waals surface area contributed by atoms with Crippen molar-refractivity contribution in [2.24, 2.45) is 5.92 Å². The Balaban J connectivity index is 1.81. The van der Waals surface area contributed by atoms with Crippen molar-refractivity contribution in [3.05, 3.63) is 48.5 Å². The Morgan fingerprint density at radius 2 is 1.62 bits per heavy atom. The molecule has 3 nitrogen and oxygen atoms in total. The number of nitrogen functional groups attached to an aromatic ring is 1. The Morgan fingerprint density at radius 1 is 1.05 bits per heavy atom. The molecule has 1 amide bonds. The molecule has 1 heterocycles. The first kappa shape index (κ1) is 14.1. The Bertz CT molecular complexity index is 637. The van der Waals surface area contributed by atoms with Crippen LogP contribution < -0.4 is 10.6 Å². The first-order chi connectivity index (χ1) is 10.2. The summed E-state index contributed by atoms with van der Waals surface area (Å²) in [5.74, 6) is 0.619. The molecule has 21 heavy (non-hydrogen) atoms. The minimum Gasteiger partial charge on any atom is -0.399 e. The fourth-order valence-electron chi connectivity index (χ4n) is 2.64. The highest BCUT2D eigenvalue weighted by molar-refractivity contribution is 9.09. The molecule has 1 atom stereocenters. The molecule has 4 heteroatoms. The van der Waals surface area contributed by atoms with Gasteiger partial charge in [-0.3, -0.25) is 4.79 Å². The topological polar surface area (TPSA) is 46.3 Å².